The van der Waals surface area contributed by atoms with E-state index in [1.54, 1.807) is 0 Å². The lowest BCUT2D eigenvalue weighted by Gasteiger charge is -2.07. The van der Waals surface area contributed by atoms with Gasteiger partial charge in [-0.3, -0.25) is 4.72 Å². The van der Waals surface area contributed by atoms with Crippen molar-refractivity contribution in [1.29, 1.82) is 0 Å². The summed E-state index contributed by atoms with van der Waals surface area (Å²) in [6.07, 6.45) is 0.811. The Bertz CT molecular complexity index is 433. The molecule has 16 heavy (non-hydrogen) atoms. The van der Waals surface area contributed by atoms with Crippen LogP contribution in [-0.2, 0) is 10.0 Å². The van der Waals surface area contributed by atoms with Crippen LogP contribution < -0.4 is 4.72 Å². The summed E-state index contributed by atoms with van der Waals surface area (Å²) in [4.78, 5) is 0. The third kappa shape index (κ3) is 4.59. The van der Waals surface area contributed by atoms with Crippen molar-refractivity contribution < 1.29 is 17.9 Å². The molecule has 1 aromatic rings. The van der Waals surface area contributed by atoms with Gasteiger partial charge in [0, 0.05) is 6.61 Å². The monoisotopic (exact) mass is 247 g/mol. The number of sulfonamides is 1. The normalized spacial score (nSPS) is 11.4. The first kappa shape index (κ1) is 12.9. The Morgan fingerprint density at radius 3 is 2.69 bits per heavy atom. The van der Waals surface area contributed by atoms with Crippen LogP contribution >= 0.6 is 0 Å². The molecule has 0 aliphatic rings. The van der Waals surface area contributed by atoms with Crippen molar-refractivity contribution in [3.05, 3.63) is 30.1 Å². The number of aliphatic hydroxyl groups is 1. The lowest BCUT2D eigenvalue weighted by Crippen LogP contribution is -2.17. The number of unbranched alkanes of at least 4 members (excludes halogenated alkanes) is 1. The zero-order valence-electron chi connectivity index (χ0n) is 8.69. The molecule has 2 N–H and O–H groups in total. The van der Waals surface area contributed by atoms with Crippen molar-refractivity contribution in [2.45, 2.75) is 12.8 Å². The van der Waals surface area contributed by atoms with Gasteiger partial charge in [0.05, 0.1) is 11.4 Å². The molecule has 1 rings (SSSR count). The highest BCUT2D eigenvalue weighted by atomic mass is 32.2. The molecule has 6 heteroatoms. The Labute approximate surface area is 94.2 Å². The van der Waals surface area contributed by atoms with Crippen LogP contribution in [0, 0.1) is 5.82 Å². The van der Waals surface area contributed by atoms with Gasteiger partial charge >= 0.3 is 0 Å². The van der Waals surface area contributed by atoms with Crippen LogP contribution in [0.25, 0.3) is 0 Å². The number of hydrogen-bond donors (Lipinski definition) is 2. The SMILES string of the molecule is O=S(=O)(CCCCO)Nc1cccc(F)c1. The Morgan fingerprint density at radius 2 is 2.06 bits per heavy atom. The fourth-order valence-electron chi connectivity index (χ4n) is 1.19. The van der Waals surface area contributed by atoms with E-state index < -0.39 is 15.8 Å². The molecule has 0 spiro atoms. The smallest absolute Gasteiger partial charge is 0.232 e. The molecule has 90 valence electrons. The third-order valence-corrected chi connectivity index (χ3v) is 3.29. The van der Waals surface area contributed by atoms with Gasteiger partial charge in [-0.2, -0.15) is 0 Å². The number of rotatable bonds is 6. The molecule has 0 heterocycles. The van der Waals surface area contributed by atoms with E-state index in [4.69, 9.17) is 5.11 Å². The number of hydrogen-bond acceptors (Lipinski definition) is 3. The maximum Gasteiger partial charge on any atom is 0.232 e. The van der Waals surface area contributed by atoms with Gasteiger partial charge in [-0.15, -0.1) is 0 Å². The topological polar surface area (TPSA) is 66.4 Å². The van der Waals surface area contributed by atoms with E-state index in [1.807, 2.05) is 0 Å². The number of anilines is 1. The number of benzene rings is 1. The van der Waals surface area contributed by atoms with E-state index in [2.05, 4.69) is 4.72 Å². The number of nitrogens with one attached hydrogen (secondary N) is 1. The molecule has 0 amide bonds. The lowest BCUT2D eigenvalue weighted by molar-refractivity contribution is 0.287. The third-order valence-electron chi connectivity index (χ3n) is 1.92. The van der Waals surface area contributed by atoms with Crippen LogP contribution in [0.2, 0.25) is 0 Å². The molecular formula is C10H14FNO3S. The Balaban J connectivity index is 2.59. The average molecular weight is 247 g/mol. The first-order valence-electron chi connectivity index (χ1n) is 4.90. The largest absolute Gasteiger partial charge is 0.396 e. The van der Waals surface area contributed by atoms with E-state index in [9.17, 15) is 12.8 Å². The van der Waals surface area contributed by atoms with Gasteiger partial charge in [0.25, 0.3) is 0 Å². The second-order valence-electron chi connectivity index (χ2n) is 3.36. The fraction of sp³-hybridized carbons (Fsp3) is 0.400. The molecule has 0 saturated heterocycles. The molecule has 0 unspecified atom stereocenters. The van der Waals surface area contributed by atoms with E-state index in [0.29, 0.717) is 12.8 Å². The fourth-order valence-corrected chi connectivity index (χ4v) is 2.36. The second-order valence-corrected chi connectivity index (χ2v) is 5.20. The Hall–Kier alpha value is -1.14. The van der Waals surface area contributed by atoms with Crippen LogP contribution in [0.5, 0.6) is 0 Å². The number of halogens is 1. The highest BCUT2D eigenvalue weighted by molar-refractivity contribution is 7.92. The minimum atomic E-state index is -3.45. The molecule has 0 bridgehead atoms. The van der Waals surface area contributed by atoms with Crippen LogP contribution in [0.1, 0.15) is 12.8 Å². The predicted molar refractivity (Wildman–Crippen MR) is 60.1 cm³/mol. The number of aliphatic hydroxyl groups excluding tert-OH is 1. The first-order valence-corrected chi connectivity index (χ1v) is 6.55. The summed E-state index contributed by atoms with van der Waals surface area (Å²) in [5.74, 6) is -0.570. The summed E-state index contributed by atoms with van der Waals surface area (Å²) in [6.45, 7) is -0.0323. The molecule has 0 aliphatic heterocycles. The quantitative estimate of drug-likeness (QED) is 0.745. The summed E-state index contributed by atoms with van der Waals surface area (Å²) >= 11 is 0. The van der Waals surface area contributed by atoms with Crippen LogP contribution in [-0.4, -0.2) is 25.9 Å². The van der Waals surface area contributed by atoms with Gasteiger partial charge in [0.15, 0.2) is 0 Å². The van der Waals surface area contributed by atoms with Crippen molar-refractivity contribution in [2.24, 2.45) is 0 Å². The second kappa shape index (κ2) is 5.81. The van der Waals surface area contributed by atoms with Crippen LogP contribution in [0.15, 0.2) is 24.3 Å². The molecule has 0 aliphatic carbocycles. The summed E-state index contributed by atoms with van der Waals surface area (Å²) in [6, 6.07) is 5.26. The summed E-state index contributed by atoms with van der Waals surface area (Å²) in [5.41, 5.74) is 0.212. The predicted octanol–water partition coefficient (Wildman–Crippen LogP) is 1.34. The Morgan fingerprint density at radius 1 is 1.31 bits per heavy atom. The molecular weight excluding hydrogens is 233 g/mol. The molecule has 4 nitrogen and oxygen atoms in total. The van der Waals surface area contributed by atoms with E-state index in [1.165, 1.54) is 18.2 Å². The molecule has 0 aromatic heterocycles. The van der Waals surface area contributed by atoms with Crippen molar-refractivity contribution in [2.75, 3.05) is 17.1 Å². The molecule has 0 fully saturated rings. The van der Waals surface area contributed by atoms with Crippen molar-refractivity contribution in [3.63, 3.8) is 0 Å². The maximum absolute atomic E-state index is 12.8. The maximum atomic E-state index is 12.8. The van der Waals surface area contributed by atoms with Crippen LogP contribution in [0.3, 0.4) is 0 Å². The van der Waals surface area contributed by atoms with E-state index >= 15 is 0 Å². The highest BCUT2D eigenvalue weighted by Crippen LogP contribution is 2.11. The summed E-state index contributed by atoms with van der Waals surface area (Å²) in [7, 11) is -3.45. The molecule has 0 atom stereocenters. The van der Waals surface area contributed by atoms with Crippen molar-refractivity contribution in [1.82, 2.24) is 0 Å². The van der Waals surface area contributed by atoms with Gasteiger partial charge in [0.1, 0.15) is 5.82 Å². The minimum Gasteiger partial charge on any atom is -0.396 e. The summed E-state index contributed by atoms with van der Waals surface area (Å²) in [5, 5.41) is 8.52. The van der Waals surface area contributed by atoms with Gasteiger partial charge in [0.2, 0.25) is 10.0 Å². The molecule has 0 radical (unpaired) electrons. The van der Waals surface area contributed by atoms with E-state index in [-0.39, 0.29) is 18.0 Å². The average Bonchev–Trinajstić information content (AvgIpc) is 2.17. The van der Waals surface area contributed by atoms with E-state index in [0.717, 1.165) is 6.07 Å². The zero-order valence-corrected chi connectivity index (χ0v) is 9.50. The molecule has 0 saturated carbocycles. The first-order chi connectivity index (χ1) is 7.53. The van der Waals surface area contributed by atoms with Gasteiger partial charge in [-0.25, -0.2) is 12.8 Å². The van der Waals surface area contributed by atoms with Crippen LogP contribution in [0.4, 0.5) is 10.1 Å². The van der Waals surface area contributed by atoms with Crippen molar-refractivity contribution in [3.8, 4) is 0 Å². The van der Waals surface area contributed by atoms with Gasteiger partial charge in [-0.05, 0) is 31.0 Å². The summed E-state index contributed by atoms with van der Waals surface area (Å²) < 4.78 is 38.0. The molecule has 1 aromatic carbocycles. The zero-order chi connectivity index (χ0) is 12.0. The highest BCUT2D eigenvalue weighted by Gasteiger charge is 2.09. The van der Waals surface area contributed by atoms with Crippen molar-refractivity contribution >= 4 is 15.7 Å². The minimum absolute atomic E-state index is 0.0323. The standard InChI is InChI=1S/C10H14FNO3S/c11-9-4-3-5-10(8-9)12-16(14,15)7-2-1-6-13/h3-5,8,12-13H,1-2,6-7H2. The Kier molecular flexibility index (Phi) is 4.70. The lowest BCUT2D eigenvalue weighted by atomic mass is 10.3. The van der Waals surface area contributed by atoms with Gasteiger partial charge in [-0.1, -0.05) is 6.07 Å². The van der Waals surface area contributed by atoms with Gasteiger partial charge < -0.3 is 5.11 Å².